The van der Waals surface area contributed by atoms with Crippen molar-refractivity contribution in [1.82, 2.24) is 0 Å². The summed E-state index contributed by atoms with van der Waals surface area (Å²) in [5, 5.41) is 2.61. The molecular weight excluding hydrogens is 336 g/mol. The van der Waals surface area contributed by atoms with Gasteiger partial charge in [0.05, 0.1) is 6.61 Å². The van der Waals surface area contributed by atoms with Crippen LogP contribution < -0.4 is 4.74 Å². The van der Waals surface area contributed by atoms with E-state index in [1.54, 1.807) is 5.57 Å². The van der Waals surface area contributed by atoms with E-state index in [2.05, 4.69) is 48.9 Å². The van der Waals surface area contributed by atoms with Crippen LogP contribution in [0.3, 0.4) is 0 Å². The molecule has 137 valence electrons. The van der Waals surface area contributed by atoms with Crippen LogP contribution in [0, 0.1) is 12.3 Å². The number of fused-ring (bicyclic) bond motifs is 1. The minimum Gasteiger partial charge on any atom is -0.493 e. The van der Waals surface area contributed by atoms with E-state index in [0.29, 0.717) is 0 Å². The average Bonchev–Trinajstić information content (AvgIpc) is 3.52. The highest BCUT2D eigenvalue weighted by molar-refractivity contribution is 7.99. The van der Waals surface area contributed by atoms with Crippen molar-refractivity contribution in [2.24, 2.45) is 5.92 Å². The van der Waals surface area contributed by atoms with Crippen LogP contribution in [0.2, 0.25) is 0 Å². The second-order valence-electron chi connectivity index (χ2n) is 7.64. The molecule has 0 heterocycles. The molecule has 0 unspecified atom stereocenters. The molecule has 0 aromatic heterocycles. The van der Waals surface area contributed by atoms with Crippen LogP contribution in [0.25, 0.3) is 10.8 Å². The fourth-order valence-corrected chi connectivity index (χ4v) is 4.96. The number of benzene rings is 2. The molecule has 4 rings (SSSR count). The van der Waals surface area contributed by atoms with Crippen molar-refractivity contribution in [3.8, 4) is 5.75 Å². The molecule has 1 fully saturated rings. The molecule has 0 aliphatic heterocycles. The van der Waals surface area contributed by atoms with Crippen LogP contribution in [-0.4, -0.2) is 12.4 Å². The van der Waals surface area contributed by atoms with Crippen molar-refractivity contribution in [2.75, 3.05) is 12.4 Å². The summed E-state index contributed by atoms with van der Waals surface area (Å²) in [5.41, 5.74) is 1.54. The van der Waals surface area contributed by atoms with Gasteiger partial charge in [0.15, 0.2) is 0 Å². The van der Waals surface area contributed by atoms with Crippen molar-refractivity contribution in [1.29, 1.82) is 0 Å². The Balaban J connectivity index is 1.38. The Morgan fingerprint density at radius 1 is 0.923 bits per heavy atom. The summed E-state index contributed by atoms with van der Waals surface area (Å²) >= 11 is 1.99. The van der Waals surface area contributed by atoms with E-state index in [0.717, 1.165) is 18.3 Å². The van der Waals surface area contributed by atoms with Gasteiger partial charge in [0, 0.05) is 16.7 Å². The maximum Gasteiger partial charge on any atom is 0.127 e. The lowest BCUT2D eigenvalue weighted by Crippen LogP contribution is -2.15. The Labute approximate surface area is 162 Å². The second kappa shape index (κ2) is 8.99. The minimum atomic E-state index is 0.746. The molecular formula is C24H29OS. The van der Waals surface area contributed by atoms with E-state index < -0.39 is 0 Å². The van der Waals surface area contributed by atoms with Crippen molar-refractivity contribution in [3.63, 3.8) is 0 Å². The number of allylic oxidation sites excluding steroid dienone is 2. The van der Waals surface area contributed by atoms with Gasteiger partial charge in [0.2, 0.25) is 0 Å². The number of hydrogen-bond acceptors (Lipinski definition) is 2. The van der Waals surface area contributed by atoms with Gasteiger partial charge >= 0.3 is 0 Å². The number of hydrogen-bond donors (Lipinski definition) is 0. The zero-order chi connectivity index (χ0) is 17.6. The maximum atomic E-state index is 6.27. The number of rotatable bonds is 9. The molecule has 2 aliphatic rings. The summed E-state index contributed by atoms with van der Waals surface area (Å²) in [6, 6.07) is 13.2. The molecule has 0 saturated heterocycles. The number of ether oxygens (including phenoxy) is 1. The van der Waals surface area contributed by atoms with E-state index in [-0.39, 0.29) is 0 Å². The Morgan fingerprint density at radius 3 is 2.54 bits per heavy atom. The van der Waals surface area contributed by atoms with Gasteiger partial charge in [-0.2, -0.15) is 0 Å². The van der Waals surface area contributed by atoms with E-state index >= 15 is 0 Å². The van der Waals surface area contributed by atoms with Crippen LogP contribution in [0.15, 0.2) is 52.9 Å². The highest BCUT2D eigenvalue weighted by Crippen LogP contribution is 2.35. The van der Waals surface area contributed by atoms with Gasteiger partial charge in [-0.05, 0) is 61.3 Å². The van der Waals surface area contributed by atoms with Gasteiger partial charge in [0.1, 0.15) is 5.75 Å². The van der Waals surface area contributed by atoms with Crippen molar-refractivity contribution in [3.05, 3.63) is 54.5 Å². The Bertz CT molecular complexity index is 758. The second-order valence-corrected chi connectivity index (χ2v) is 8.77. The highest BCUT2D eigenvalue weighted by atomic mass is 32.2. The van der Waals surface area contributed by atoms with Crippen LogP contribution >= 0.6 is 11.8 Å². The van der Waals surface area contributed by atoms with Crippen LogP contribution in [0.1, 0.15) is 51.4 Å². The topological polar surface area (TPSA) is 9.23 Å². The Morgan fingerprint density at radius 2 is 1.73 bits per heavy atom. The van der Waals surface area contributed by atoms with Gasteiger partial charge in [-0.25, -0.2) is 0 Å². The molecule has 0 spiro atoms. The highest BCUT2D eigenvalue weighted by Gasteiger charge is 2.15. The molecule has 2 aliphatic carbocycles. The zero-order valence-electron chi connectivity index (χ0n) is 15.6. The zero-order valence-corrected chi connectivity index (χ0v) is 16.4. The van der Waals surface area contributed by atoms with Gasteiger partial charge in [-0.1, -0.05) is 55.2 Å². The summed E-state index contributed by atoms with van der Waals surface area (Å²) in [4.78, 5) is 1.39. The number of thioether (sulfide) groups is 1. The first kappa shape index (κ1) is 18.0. The first-order valence-electron chi connectivity index (χ1n) is 10.2. The summed E-state index contributed by atoms with van der Waals surface area (Å²) in [5.74, 6) is 3.00. The first-order valence-corrected chi connectivity index (χ1v) is 11.2. The van der Waals surface area contributed by atoms with Crippen LogP contribution in [-0.2, 0) is 0 Å². The van der Waals surface area contributed by atoms with Crippen molar-refractivity contribution in [2.45, 2.75) is 56.3 Å². The largest absolute Gasteiger partial charge is 0.493 e. The third kappa shape index (κ3) is 4.85. The molecule has 0 amide bonds. The fourth-order valence-electron chi connectivity index (χ4n) is 3.90. The van der Waals surface area contributed by atoms with E-state index in [1.165, 1.54) is 72.8 Å². The predicted octanol–water partition coefficient (Wildman–Crippen LogP) is 7.21. The number of unbranched alkanes of at least 4 members (excludes halogenated alkanes) is 1. The summed E-state index contributed by atoms with van der Waals surface area (Å²) < 4.78 is 6.27. The molecule has 0 N–H and O–H groups in total. The van der Waals surface area contributed by atoms with E-state index in [4.69, 9.17) is 4.74 Å². The lowest BCUT2D eigenvalue weighted by molar-refractivity contribution is 0.210. The standard InChI is InChI=1S/C24H29OS/c1-2-9-20(10-3-1)18-25-23-15-16-24(22-12-5-4-11-21(22)23)26-17-7-6-8-19-13-14-19/h4-5,11-16,20H,1-3,6-10,17-18H2. The monoisotopic (exact) mass is 365 g/mol. The summed E-state index contributed by atoms with van der Waals surface area (Å²) in [6.45, 7) is 0.878. The van der Waals surface area contributed by atoms with Crippen molar-refractivity contribution < 1.29 is 4.74 Å². The fraction of sp³-hybridized carbons (Fsp3) is 0.458. The molecule has 26 heavy (non-hydrogen) atoms. The van der Waals surface area contributed by atoms with Gasteiger partial charge in [0.25, 0.3) is 0 Å². The van der Waals surface area contributed by atoms with Gasteiger partial charge < -0.3 is 4.74 Å². The summed E-state index contributed by atoms with van der Waals surface area (Å²) in [7, 11) is 0. The van der Waals surface area contributed by atoms with Gasteiger partial charge in [-0.3, -0.25) is 0 Å². The lowest BCUT2D eigenvalue weighted by atomic mass is 9.90. The molecule has 1 radical (unpaired) electrons. The van der Waals surface area contributed by atoms with Gasteiger partial charge in [-0.15, -0.1) is 11.8 Å². The van der Waals surface area contributed by atoms with Crippen LogP contribution in [0.5, 0.6) is 5.75 Å². The quantitative estimate of drug-likeness (QED) is 0.343. The van der Waals surface area contributed by atoms with Crippen LogP contribution in [0.4, 0.5) is 0 Å². The summed E-state index contributed by atoms with van der Waals surface area (Å²) in [6.07, 6.45) is 15.1. The smallest absolute Gasteiger partial charge is 0.127 e. The SMILES string of the molecule is [CH]1C=C1CCCCSc1ccc(OCC2CCCCC2)c2ccccc12. The lowest BCUT2D eigenvalue weighted by Gasteiger charge is -2.22. The molecule has 2 aromatic rings. The van der Waals surface area contributed by atoms with E-state index in [9.17, 15) is 0 Å². The third-order valence-electron chi connectivity index (χ3n) is 5.56. The normalized spacial score (nSPS) is 17.3. The predicted molar refractivity (Wildman–Crippen MR) is 113 cm³/mol. The molecule has 2 aromatic carbocycles. The Kier molecular flexibility index (Phi) is 6.22. The minimum absolute atomic E-state index is 0.746. The molecule has 1 nitrogen and oxygen atoms in total. The van der Waals surface area contributed by atoms with E-state index in [1.807, 2.05) is 11.8 Å². The van der Waals surface area contributed by atoms with Crippen molar-refractivity contribution >= 4 is 22.5 Å². The molecule has 0 bridgehead atoms. The molecule has 2 heteroatoms. The molecule has 0 atom stereocenters. The maximum absolute atomic E-state index is 6.27. The average molecular weight is 366 g/mol. The first-order chi connectivity index (χ1) is 12.9. The molecule has 1 saturated carbocycles. The Hall–Kier alpha value is -1.41. The third-order valence-corrected chi connectivity index (χ3v) is 6.72.